The Hall–Kier alpha value is -1.31. The number of anilines is 1. The molecule has 0 aromatic carbocycles. The Morgan fingerprint density at radius 2 is 2.24 bits per heavy atom. The summed E-state index contributed by atoms with van der Waals surface area (Å²) in [5.74, 6) is 0.0304. The summed E-state index contributed by atoms with van der Waals surface area (Å²) in [4.78, 5) is 16.7. The van der Waals surface area contributed by atoms with Crippen LogP contribution < -0.4 is 10.6 Å². The fraction of sp³-hybridized carbons (Fsp3) is 0.692. The topological polar surface area (TPSA) is 59.2 Å². The number of alkyl halides is 3. The number of halogens is 3. The Bertz CT molecular complexity index is 553. The highest BCUT2D eigenvalue weighted by Gasteiger charge is 2.52. The minimum absolute atomic E-state index is 0.00923. The molecule has 2 aliphatic rings. The van der Waals surface area contributed by atoms with E-state index in [0.717, 1.165) is 36.0 Å². The van der Waals surface area contributed by atoms with Crippen molar-refractivity contribution in [2.75, 3.05) is 18.0 Å². The number of aromatic nitrogens is 1. The van der Waals surface area contributed by atoms with Crippen LogP contribution in [0, 0.1) is 11.3 Å². The number of primary amides is 1. The van der Waals surface area contributed by atoms with Crippen molar-refractivity contribution in [3.63, 3.8) is 0 Å². The zero-order valence-electron chi connectivity index (χ0n) is 11.3. The normalized spacial score (nSPS) is 24.3. The summed E-state index contributed by atoms with van der Waals surface area (Å²) in [6, 6.07) is 0. The van der Waals surface area contributed by atoms with Crippen molar-refractivity contribution >= 4 is 22.4 Å². The fourth-order valence-electron chi connectivity index (χ4n) is 3.21. The van der Waals surface area contributed by atoms with E-state index in [2.05, 4.69) is 4.98 Å². The Kier molecular flexibility index (Phi) is 3.38. The van der Waals surface area contributed by atoms with Gasteiger partial charge >= 0.3 is 6.18 Å². The smallest absolute Gasteiger partial charge is 0.370 e. The van der Waals surface area contributed by atoms with E-state index in [4.69, 9.17) is 5.73 Å². The molecule has 0 radical (unpaired) electrons. The molecule has 0 spiro atoms. The Morgan fingerprint density at radius 3 is 2.76 bits per heavy atom. The van der Waals surface area contributed by atoms with Gasteiger partial charge in [0, 0.05) is 24.9 Å². The number of nitrogens with zero attached hydrogens (tertiary/aromatic N) is 2. The zero-order chi connectivity index (χ0) is 15.3. The molecule has 2 heterocycles. The van der Waals surface area contributed by atoms with Crippen LogP contribution in [0.1, 0.15) is 31.4 Å². The molecule has 1 aromatic rings. The molecule has 1 saturated carbocycles. The lowest BCUT2D eigenvalue weighted by Crippen LogP contribution is -2.27. The van der Waals surface area contributed by atoms with Crippen LogP contribution in [0.5, 0.6) is 0 Å². The molecule has 1 atom stereocenters. The molecular weight excluding hydrogens is 303 g/mol. The maximum atomic E-state index is 12.6. The van der Waals surface area contributed by atoms with Gasteiger partial charge in [0.25, 0.3) is 0 Å². The summed E-state index contributed by atoms with van der Waals surface area (Å²) in [5.41, 5.74) is 4.46. The number of amides is 1. The van der Waals surface area contributed by atoms with Crippen molar-refractivity contribution < 1.29 is 18.0 Å². The maximum Gasteiger partial charge on any atom is 0.434 e. The van der Waals surface area contributed by atoms with Gasteiger partial charge in [-0.15, -0.1) is 11.3 Å². The lowest BCUT2D eigenvalue weighted by atomic mass is 9.85. The predicted octanol–water partition coefficient (Wildman–Crippen LogP) is 2.64. The van der Waals surface area contributed by atoms with Gasteiger partial charge in [-0.3, -0.25) is 4.79 Å². The SMILES string of the molecule is NC(=O)CC1([C@H]2CCN(c3nc(C(F)(F)F)cs3)C2)CC1. The van der Waals surface area contributed by atoms with Crippen molar-refractivity contribution in [3.8, 4) is 0 Å². The van der Waals surface area contributed by atoms with Crippen LogP contribution in [-0.4, -0.2) is 24.0 Å². The van der Waals surface area contributed by atoms with Gasteiger partial charge in [0.05, 0.1) is 0 Å². The first kappa shape index (κ1) is 14.6. The van der Waals surface area contributed by atoms with E-state index in [1.807, 2.05) is 4.90 Å². The zero-order valence-corrected chi connectivity index (χ0v) is 12.1. The highest BCUT2D eigenvalue weighted by Crippen LogP contribution is 2.57. The third kappa shape index (κ3) is 2.86. The van der Waals surface area contributed by atoms with E-state index in [-0.39, 0.29) is 11.3 Å². The summed E-state index contributed by atoms with van der Waals surface area (Å²) in [5, 5.41) is 1.47. The Morgan fingerprint density at radius 1 is 1.52 bits per heavy atom. The summed E-state index contributed by atoms with van der Waals surface area (Å²) < 4.78 is 37.7. The van der Waals surface area contributed by atoms with E-state index >= 15 is 0 Å². The summed E-state index contributed by atoms with van der Waals surface area (Å²) in [7, 11) is 0. The number of nitrogens with two attached hydrogens (primary N) is 1. The van der Waals surface area contributed by atoms with Gasteiger partial charge in [-0.2, -0.15) is 13.2 Å². The maximum absolute atomic E-state index is 12.6. The molecule has 1 aliphatic carbocycles. The fourth-order valence-corrected chi connectivity index (χ4v) is 4.08. The number of thiazole rings is 1. The number of rotatable bonds is 4. The molecule has 1 amide bonds. The van der Waals surface area contributed by atoms with Crippen LogP contribution in [-0.2, 0) is 11.0 Å². The van der Waals surface area contributed by atoms with Gasteiger partial charge in [-0.1, -0.05) is 0 Å². The minimum Gasteiger partial charge on any atom is -0.370 e. The van der Waals surface area contributed by atoms with E-state index in [0.29, 0.717) is 30.6 Å². The van der Waals surface area contributed by atoms with Crippen molar-refractivity contribution in [3.05, 3.63) is 11.1 Å². The highest BCUT2D eigenvalue weighted by atomic mass is 32.1. The molecule has 4 nitrogen and oxygen atoms in total. The first-order chi connectivity index (χ1) is 9.80. The molecule has 2 fully saturated rings. The quantitative estimate of drug-likeness (QED) is 0.928. The molecule has 1 aromatic heterocycles. The van der Waals surface area contributed by atoms with Gasteiger partial charge in [0.15, 0.2) is 10.8 Å². The van der Waals surface area contributed by atoms with E-state index < -0.39 is 11.9 Å². The third-order valence-corrected chi connectivity index (χ3v) is 5.43. The molecular formula is C13H16F3N3OS. The third-order valence-electron chi connectivity index (χ3n) is 4.53. The van der Waals surface area contributed by atoms with E-state index in [9.17, 15) is 18.0 Å². The number of hydrogen-bond acceptors (Lipinski definition) is 4. The first-order valence-electron chi connectivity index (χ1n) is 6.86. The largest absolute Gasteiger partial charge is 0.434 e. The first-order valence-corrected chi connectivity index (χ1v) is 7.74. The molecule has 2 N–H and O–H groups in total. The van der Waals surface area contributed by atoms with Crippen molar-refractivity contribution in [1.82, 2.24) is 4.98 Å². The molecule has 0 bridgehead atoms. The molecule has 3 rings (SSSR count). The number of hydrogen-bond donors (Lipinski definition) is 1. The molecule has 8 heteroatoms. The molecule has 1 aliphatic heterocycles. The number of carbonyl (C=O) groups excluding carboxylic acids is 1. The monoisotopic (exact) mass is 319 g/mol. The van der Waals surface area contributed by atoms with E-state index in [1.165, 1.54) is 0 Å². The second-order valence-corrected chi connectivity index (χ2v) is 6.79. The Labute approximate surface area is 124 Å². The molecule has 116 valence electrons. The number of carbonyl (C=O) groups is 1. The second kappa shape index (κ2) is 4.86. The lowest BCUT2D eigenvalue weighted by molar-refractivity contribution is -0.140. The van der Waals surface area contributed by atoms with Crippen LogP contribution in [0.15, 0.2) is 5.38 Å². The van der Waals surface area contributed by atoms with Gasteiger partial charge in [-0.05, 0) is 30.6 Å². The standard InChI is InChI=1S/C13H16F3N3OS/c14-13(15,16)9-7-21-11(18-9)19-4-1-8(6-19)12(2-3-12)5-10(17)20/h7-8H,1-6H2,(H2,17,20)/t8-/m0/s1. The van der Waals surface area contributed by atoms with E-state index in [1.54, 1.807) is 0 Å². The van der Waals surface area contributed by atoms with Gasteiger partial charge < -0.3 is 10.6 Å². The minimum atomic E-state index is -4.39. The van der Waals surface area contributed by atoms with Gasteiger partial charge in [0.2, 0.25) is 5.91 Å². The average Bonchev–Trinajstić information content (AvgIpc) is 2.84. The van der Waals surface area contributed by atoms with Gasteiger partial charge in [0.1, 0.15) is 0 Å². The van der Waals surface area contributed by atoms with Crippen LogP contribution >= 0.6 is 11.3 Å². The van der Waals surface area contributed by atoms with Crippen molar-refractivity contribution in [2.24, 2.45) is 17.1 Å². The van der Waals surface area contributed by atoms with Crippen LogP contribution in [0.3, 0.4) is 0 Å². The van der Waals surface area contributed by atoms with Gasteiger partial charge in [-0.25, -0.2) is 4.98 Å². The molecule has 1 saturated heterocycles. The highest BCUT2D eigenvalue weighted by molar-refractivity contribution is 7.13. The second-order valence-electron chi connectivity index (χ2n) is 5.95. The lowest BCUT2D eigenvalue weighted by Gasteiger charge is -2.22. The van der Waals surface area contributed by atoms with Crippen molar-refractivity contribution in [1.29, 1.82) is 0 Å². The Balaban J connectivity index is 1.67. The van der Waals surface area contributed by atoms with Crippen LogP contribution in [0.4, 0.5) is 18.3 Å². The van der Waals surface area contributed by atoms with Crippen molar-refractivity contribution in [2.45, 2.75) is 31.9 Å². The summed E-state index contributed by atoms with van der Waals surface area (Å²) in [6.45, 7) is 1.36. The summed E-state index contributed by atoms with van der Waals surface area (Å²) >= 11 is 1.02. The summed E-state index contributed by atoms with van der Waals surface area (Å²) in [6.07, 6.45) is -1.15. The molecule has 0 unspecified atom stereocenters. The molecule has 21 heavy (non-hydrogen) atoms. The predicted molar refractivity (Wildman–Crippen MR) is 72.9 cm³/mol. The van der Waals surface area contributed by atoms with Crippen LogP contribution in [0.2, 0.25) is 0 Å². The van der Waals surface area contributed by atoms with Crippen LogP contribution in [0.25, 0.3) is 0 Å². The average molecular weight is 319 g/mol.